The number of hydrogen-bond donors (Lipinski definition) is 0. The van der Waals surface area contributed by atoms with Crippen LogP contribution in [0.5, 0.6) is 0 Å². The molecule has 3 rings (SSSR count). The molecule has 0 N–H and O–H groups in total. The Labute approximate surface area is 134 Å². The first-order valence-electron chi connectivity index (χ1n) is 8.87. The van der Waals surface area contributed by atoms with Crippen LogP contribution in [0.1, 0.15) is 80.1 Å². The van der Waals surface area contributed by atoms with Crippen molar-refractivity contribution in [2.75, 3.05) is 0 Å². The van der Waals surface area contributed by atoms with Crippen molar-refractivity contribution in [1.82, 2.24) is 0 Å². The van der Waals surface area contributed by atoms with Crippen LogP contribution in [-0.2, 0) is 19.6 Å². The van der Waals surface area contributed by atoms with Crippen LogP contribution in [0.25, 0.3) is 0 Å². The van der Waals surface area contributed by atoms with Gasteiger partial charge in [-0.3, -0.25) is 0 Å². The Morgan fingerprint density at radius 1 is 0.591 bits per heavy atom. The topological polar surface area (TPSA) is 36.9 Å². The van der Waals surface area contributed by atoms with E-state index in [1.54, 1.807) is 0 Å². The molecule has 0 aromatic carbocycles. The zero-order valence-electron chi connectivity index (χ0n) is 15.0. The molecular weight excluding hydrogens is 280 g/mol. The summed E-state index contributed by atoms with van der Waals surface area (Å²) in [4.78, 5) is 23.9. The molecule has 1 heterocycles. The van der Waals surface area contributed by atoms with Crippen molar-refractivity contribution in [2.45, 2.75) is 91.6 Å². The van der Waals surface area contributed by atoms with Gasteiger partial charge in [0.15, 0.2) is 0 Å². The highest BCUT2D eigenvalue weighted by molar-refractivity contribution is 4.95. The number of hydrogen-bond acceptors (Lipinski definition) is 4. The summed E-state index contributed by atoms with van der Waals surface area (Å²) in [5.74, 6) is -1.07. The fourth-order valence-corrected chi connectivity index (χ4v) is 4.40. The average molecular weight is 312 g/mol. The highest BCUT2D eigenvalue weighted by Gasteiger charge is 2.60. The smallest absolute Gasteiger partial charge is 0.195 e. The van der Waals surface area contributed by atoms with E-state index >= 15 is 0 Å². The van der Waals surface area contributed by atoms with Gasteiger partial charge >= 0.3 is 0 Å². The minimum absolute atomic E-state index is 0.160. The quantitative estimate of drug-likeness (QED) is 0.591. The molecule has 0 aromatic heterocycles. The molecule has 2 aliphatic carbocycles. The summed E-state index contributed by atoms with van der Waals surface area (Å²) in [6.07, 6.45) is 6.14. The van der Waals surface area contributed by atoms with Gasteiger partial charge in [-0.15, -0.1) is 0 Å². The normalized spacial score (nSPS) is 47.7. The van der Waals surface area contributed by atoms with Crippen molar-refractivity contribution in [3.63, 3.8) is 0 Å². The summed E-state index contributed by atoms with van der Waals surface area (Å²) >= 11 is 0. The first kappa shape index (κ1) is 16.7. The van der Waals surface area contributed by atoms with Crippen molar-refractivity contribution in [2.24, 2.45) is 22.7 Å². The van der Waals surface area contributed by atoms with Crippen molar-refractivity contribution in [3.8, 4) is 0 Å². The zero-order valence-corrected chi connectivity index (χ0v) is 15.0. The van der Waals surface area contributed by atoms with Gasteiger partial charge in [-0.2, -0.15) is 19.6 Å². The lowest BCUT2D eigenvalue weighted by molar-refractivity contribution is -0.679. The molecule has 22 heavy (non-hydrogen) atoms. The van der Waals surface area contributed by atoms with Crippen LogP contribution in [0.3, 0.4) is 0 Å². The summed E-state index contributed by atoms with van der Waals surface area (Å²) < 4.78 is 0. The van der Waals surface area contributed by atoms with Gasteiger partial charge in [-0.25, -0.2) is 0 Å². The van der Waals surface area contributed by atoms with E-state index in [1.165, 1.54) is 12.8 Å². The van der Waals surface area contributed by atoms with Crippen LogP contribution in [0, 0.1) is 22.7 Å². The van der Waals surface area contributed by atoms with E-state index in [0.717, 1.165) is 25.7 Å². The van der Waals surface area contributed by atoms with E-state index < -0.39 is 11.6 Å². The predicted molar refractivity (Wildman–Crippen MR) is 83.4 cm³/mol. The maximum absolute atomic E-state index is 5.96. The Hall–Kier alpha value is -0.160. The summed E-state index contributed by atoms with van der Waals surface area (Å²) in [5.41, 5.74) is 0.319. The first-order valence-corrected chi connectivity index (χ1v) is 8.87. The molecule has 0 amide bonds. The molecule has 0 radical (unpaired) electrons. The van der Waals surface area contributed by atoms with Crippen molar-refractivity contribution in [1.29, 1.82) is 0 Å². The van der Waals surface area contributed by atoms with Crippen LogP contribution in [0.15, 0.2) is 0 Å². The maximum atomic E-state index is 5.96. The van der Waals surface area contributed by atoms with E-state index in [1.807, 2.05) is 0 Å². The second kappa shape index (κ2) is 5.17. The Kier molecular flexibility index (Phi) is 3.92. The standard InChI is InChI=1S/C18H32O4/c1-13-15(3,4)9-7-11-17(13)19-21-18(22-20-17)12-8-10-16(5,6)14(18)2/h13-14H,7-12H2,1-6H3. The average Bonchev–Trinajstić information content (AvgIpc) is 2.45. The fraction of sp³-hybridized carbons (Fsp3) is 1.00. The van der Waals surface area contributed by atoms with Crippen LogP contribution >= 0.6 is 0 Å². The number of rotatable bonds is 0. The minimum Gasteiger partial charge on any atom is -0.195 e. The molecule has 128 valence electrons. The molecule has 0 bridgehead atoms. The highest BCUT2D eigenvalue weighted by Crippen LogP contribution is 2.55. The largest absolute Gasteiger partial charge is 0.237 e. The molecule has 1 aliphatic heterocycles. The van der Waals surface area contributed by atoms with E-state index in [2.05, 4.69) is 41.5 Å². The van der Waals surface area contributed by atoms with Gasteiger partial charge in [0.1, 0.15) is 0 Å². The van der Waals surface area contributed by atoms with Crippen LogP contribution in [0.2, 0.25) is 0 Å². The molecule has 4 heteroatoms. The lowest BCUT2D eigenvalue weighted by Crippen LogP contribution is -2.62. The Morgan fingerprint density at radius 2 is 0.909 bits per heavy atom. The Bertz CT molecular complexity index is 381. The molecule has 2 unspecified atom stereocenters. The van der Waals surface area contributed by atoms with Crippen molar-refractivity contribution < 1.29 is 19.6 Å². The van der Waals surface area contributed by atoms with Crippen LogP contribution in [-0.4, -0.2) is 11.6 Å². The van der Waals surface area contributed by atoms with E-state index in [9.17, 15) is 0 Å². The summed E-state index contributed by atoms with van der Waals surface area (Å²) in [6, 6.07) is 0. The molecule has 0 aromatic rings. The third-order valence-corrected chi connectivity index (χ3v) is 7.00. The van der Waals surface area contributed by atoms with Gasteiger partial charge in [0.2, 0.25) is 11.6 Å². The van der Waals surface area contributed by atoms with E-state index in [4.69, 9.17) is 19.6 Å². The summed E-state index contributed by atoms with van der Waals surface area (Å²) in [6.45, 7) is 13.4. The molecule has 2 atom stereocenters. The lowest BCUT2D eigenvalue weighted by Gasteiger charge is -2.56. The van der Waals surface area contributed by atoms with Gasteiger partial charge in [0.25, 0.3) is 0 Å². The summed E-state index contributed by atoms with van der Waals surface area (Å²) in [7, 11) is 0. The van der Waals surface area contributed by atoms with E-state index in [-0.39, 0.29) is 22.7 Å². The van der Waals surface area contributed by atoms with Gasteiger partial charge in [-0.1, -0.05) is 41.5 Å². The Morgan fingerprint density at radius 3 is 1.23 bits per heavy atom. The second-order valence-electron chi connectivity index (χ2n) is 9.08. The maximum Gasteiger partial charge on any atom is 0.237 e. The molecule has 1 saturated heterocycles. The van der Waals surface area contributed by atoms with Gasteiger partial charge in [0.05, 0.1) is 0 Å². The third kappa shape index (κ3) is 2.43. The first-order chi connectivity index (χ1) is 10.1. The molecule has 3 aliphatic rings. The van der Waals surface area contributed by atoms with E-state index in [0.29, 0.717) is 0 Å². The molecule has 2 saturated carbocycles. The van der Waals surface area contributed by atoms with Gasteiger partial charge in [-0.05, 0) is 36.5 Å². The van der Waals surface area contributed by atoms with Gasteiger partial charge in [0, 0.05) is 24.7 Å². The molecule has 3 fully saturated rings. The van der Waals surface area contributed by atoms with Gasteiger partial charge < -0.3 is 0 Å². The molecule has 2 spiro atoms. The Balaban J connectivity index is 1.77. The zero-order chi connectivity index (χ0) is 16.2. The van der Waals surface area contributed by atoms with Crippen LogP contribution in [0.4, 0.5) is 0 Å². The van der Waals surface area contributed by atoms with Crippen molar-refractivity contribution in [3.05, 3.63) is 0 Å². The highest BCUT2D eigenvalue weighted by atomic mass is 17.4. The SMILES string of the molecule is CC1C(C)(C)CCCC12OOC1(CCCC(C)(C)C1C)OO2. The molecule has 4 nitrogen and oxygen atoms in total. The third-order valence-electron chi connectivity index (χ3n) is 7.00. The fourth-order valence-electron chi connectivity index (χ4n) is 4.40. The monoisotopic (exact) mass is 312 g/mol. The lowest BCUT2D eigenvalue weighted by atomic mass is 9.66. The second-order valence-corrected chi connectivity index (χ2v) is 9.08. The predicted octanol–water partition coefficient (Wildman–Crippen LogP) is 4.98. The summed E-state index contributed by atoms with van der Waals surface area (Å²) in [5, 5.41) is 0. The van der Waals surface area contributed by atoms with Crippen LogP contribution < -0.4 is 0 Å². The van der Waals surface area contributed by atoms with Crippen molar-refractivity contribution >= 4 is 0 Å². The minimum atomic E-state index is -0.756. The molecular formula is C18H32O4.